The van der Waals surface area contributed by atoms with Gasteiger partial charge in [-0.2, -0.15) is 0 Å². The van der Waals surface area contributed by atoms with E-state index in [1.165, 1.54) is 5.56 Å². The molecule has 0 radical (unpaired) electrons. The summed E-state index contributed by atoms with van der Waals surface area (Å²) in [5, 5.41) is 3.62. The van der Waals surface area contributed by atoms with Crippen LogP contribution in [0, 0.1) is 6.92 Å². The van der Waals surface area contributed by atoms with Crippen LogP contribution in [0.5, 0.6) is 5.75 Å². The third-order valence-corrected chi connectivity index (χ3v) is 6.09. The van der Waals surface area contributed by atoms with Gasteiger partial charge in [-0.25, -0.2) is 0 Å². The maximum Gasteiger partial charge on any atom is 0.255 e. The molecule has 1 amide bonds. The zero-order valence-corrected chi connectivity index (χ0v) is 19.2. The minimum atomic E-state index is -0.118. The Hall–Kier alpha value is -3.02. The second-order valence-electron chi connectivity index (χ2n) is 8.05. The molecule has 1 aliphatic heterocycles. The lowest BCUT2D eigenvalue weighted by Gasteiger charge is -2.36. The number of ether oxygens (including phenoxy) is 1. The number of anilines is 2. The van der Waals surface area contributed by atoms with Gasteiger partial charge >= 0.3 is 0 Å². The third-order valence-electron chi connectivity index (χ3n) is 5.86. The number of carbonyl (C=O) groups is 1. The fraction of sp³-hybridized carbons (Fsp3) is 0.269. The number of benzene rings is 3. The first-order valence-corrected chi connectivity index (χ1v) is 11.2. The summed E-state index contributed by atoms with van der Waals surface area (Å²) in [4.78, 5) is 17.4. The summed E-state index contributed by atoms with van der Waals surface area (Å²) in [5.41, 5.74) is 4.71. The van der Waals surface area contributed by atoms with Crippen molar-refractivity contribution in [2.45, 2.75) is 13.5 Å². The Morgan fingerprint density at radius 3 is 2.41 bits per heavy atom. The van der Waals surface area contributed by atoms with E-state index in [1.807, 2.05) is 55.5 Å². The number of hydrogen-bond acceptors (Lipinski definition) is 4. The highest BCUT2D eigenvalue weighted by Gasteiger charge is 2.19. The molecular weight excluding hydrogens is 422 g/mol. The first-order valence-electron chi connectivity index (χ1n) is 10.8. The van der Waals surface area contributed by atoms with Crippen LogP contribution in [-0.2, 0) is 6.54 Å². The summed E-state index contributed by atoms with van der Waals surface area (Å²) in [6.45, 7) is 6.69. The number of aryl methyl sites for hydroxylation is 1. The highest BCUT2D eigenvalue weighted by atomic mass is 35.5. The van der Waals surface area contributed by atoms with Crippen LogP contribution in [0.2, 0.25) is 5.02 Å². The van der Waals surface area contributed by atoms with Crippen molar-refractivity contribution in [1.29, 1.82) is 0 Å². The van der Waals surface area contributed by atoms with Crippen LogP contribution in [0.3, 0.4) is 0 Å². The molecule has 0 saturated carbocycles. The van der Waals surface area contributed by atoms with Gasteiger partial charge in [-0.3, -0.25) is 9.69 Å². The van der Waals surface area contributed by atoms with Gasteiger partial charge in [-0.1, -0.05) is 35.9 Å². The molecule has 1 heterocycles. The first kappa shape index (κ1) is 22.2. The van der Waals surface area contributed by atoms with Crippen LogP contribution < -0.4 is 15.0 Å². The topological polar surface area (TPSA) is 44.8 Å². The van der Waals surface area contributed by atoms with Gasteiger partial charge in [0.05, 0.1) is 12.8 Å². The van der Waals surface area contributed by atoms with E-state index < -0.39 is 0 Å². The van der Waals surface area contributed by atoms with Crippen LogP contribution in [0.4, 0.5) is 11.4 Å². The van der Waals surface area contributed by atoms with Gasteiger partial charge in [-0.05, 0) is 60.5 Å². The minimum absolute atomic E-state index is 0.118. The Kier molecular flexibility index (Phi) is 6.98. The maximum absolute atomic E-state index is 12.6. The van der Waals surface area contributed by atoms with E-state index in [0.29, 0.717) is 10.6 Å². The fourth-order valence-electron chi connectivity index (χ4n) is 4.02. The summed E-state index contributed by atoms with van der Waals surface area (Å²) in [6, 6.07) is 21.5. The molecule has 0 aromatic heterocycles. The average Bonchev–Trinajstić information content (AvgIpc) is 2.82. The van der Waals surface area contributed by atoms with Crippen LogP contribution >= 0.6 is 11.6 Å². The lowest BCUT2D eigenvalue weighted by atomic mass is 10.1. The molecule has 0 spiro atoms. The van der Waals surface area contributed by atoms with Crippen LogP contribution in [0.1, 0.15) is 21.5 Å². The van der Waals surface area contributed by atoms with E-state index in [9.17, 15) is 4.79 Å². The van der Waals surface area contributed by atoms with Crippen molar-refractivity contribution in [2.75, 3.05) is 43.5 Å². The SMILES string of the molecule is COc1ccccc1N1CCN(Cc2ccc(C(=O)Nc3ccc(Cl)cc3C)cc2)CC1. The zero-order valence-electron chi connectivity index (χ0n) is 18.5. The molecule has 1 saturated heterocycles. The van der Waals surface area contributed by atoms with Crippen molar-refractivity contribution in [3.63, 3.8) is 0 Å². The first-order chi connectivity index (χ1) is 15.5. The van der Waals surface area contributed by atoms with Crippen molar-refractivity contribution in [2.24, 2.45) is 0 Å². The average molecular weight is 450 g/mol. The summed E-state index contributed by atoms with van der Waals surface area (Å²) in [6.07, 6.45) is 0. The molecular formula is C26H28ClN3O2. The minimum Gasteiger partial charge on any atom is -0.495 e. The van der Waals surface area contributed by atoms with E-state index in [-0.39, 0.29) is 5.91 Å². The largest absolute Gasteiger partial charge is 0.495 e. The Labute approximate surface area is 194 Å². The molecule has 0 bridgehead atoms. The quantitative estimate of drug-likeness (QED) is 0.559. The lowest BCUT2D eigenvalue weighted by Crippen LogP contribution is -2.46. The standard InChI is InChI=1S/C26H28ClN3O2/c1-19-17-22(27)11-12-23(19)28-26(31)21-9-7-20(8-10-21)18-29-13-15-30(16-14-29)24-5-3-4-6-25(24)32-2/h3-12,17H,13-16,18H2,1-2H3,(H,28,31). The summed E-state index contributed by atoms with van der Waals surface area (Å²) in [7, 11) is 1.72. The molecule has 0 unspecified atom stereocenters. The normalized spacial score (nSPS) is 14.3. The number of hydrogen-bond donors (Lipinski definition) is 1. The predicted molar refractivity (Wildman–Crippen MR) is 131 cm³/mol. The number of methoxy groups -OCH3 is 1. The highest BCUT2D eigenvalue weighted by Crippen LogP contribution is 2.28. The molecule has 1 fully saturated rings. The van der Waals surface area contributed by atoms with Gasteiger partial charge in [0, 0.05) is 49.0 Å². The molecule has 5 nitrogen and oxygen atoms in total. The number of amides is 1. The molecule has 1 aliphatic rings. The van der Waals surface area contributed by atoms with Gasteiger partial charge in [0.15, 0.2) is 0 Å². The molecule has 3 aromatic carbocycles. The number of nitrogens with one attached hydrogen (secondary N) is 1. The van der Waals surface area contributed by atoms with Crippen LogP contribution in [0.25, 0.3) is 0 Å². The predicted octanol–water partition coefficient (Wildman–Crippen LogP) is 5.23. The third kappa shape index (κ3) is 5.23. The number of halogens is 1. The van der Waals surface area contributed by atoms with E-state index in [1.54, 1.807) is 13.2 Å². The lowest BCUT2D eigenvalue weighted by molar-refractivity contribution is 0.102. The summed E-state index contributed by atoms with van der Waals surface area (Å²) >= 11 is 6.00. The van der Waals surface area contributed by atoms with Crippen molar-refractivity contribution in [3.8, 4) is 5.75 Å². The number of carbonyl (C=O) groups excluding carboxylic acids is 1. The van der Waals surface area contributed by atoms with Gasteiger partial charge in [-0.15, -0.1) is 0 Å². The van der Waals surface area contributed by atoms with Crippen LogP contribution in [0.15, 0.2) is 66.7 Å². The van der Waals surface area contributed by atoms with Crippen molar-refractivity contribution < 1.29 is 9.53 Å². The van der Waals surface area contributed by atoms with E-state index >= 15 is 0 Å². The molecule has 1 N–H and O–H groups in total. The van der Waals surface area contributed by atoms with Gasteiger partial charge in [0.1, 0.15) is 5.75 Å². The monoisotopic (exact) mass is 449 g/mol. The Morgan fingerprint density at radius 1 is 1.00 bits per heavy atom. The smallest absolute Gasteiger partial charge is 0.255 e. The fourth-order valence-corrected chi connectivity index (χ4v) is 4.25. The van der Waals surface area contributed by atoms with Gasteiger partial charge < -0.3 is 15.0 Å². The van der Waals surface area contributed by atoms with Crippen LogP contribution in [-0.4, -0.2) is 44.1 Å². The molecule has 166 valence electrons. The van der Waals surface area contributed by atoms with E-state index in [0.717, 1.165) is 55.4 Å². The number of piperazine rings is 1. The molecule has 3 aromatic rings. The molecule has 0 aliphatic carbocycles. The summed E-state index contributed by atoms with van der Waals surface area (Å²) in [5.74, 6) is 0.802. The zero-order chi connectivity index (χ0) is 22.5. The maximum atomic E-state index is 12.6. The highest BCUT2D eigenvalue weighted by molar-refractivity contribution is 6.30. The van der Waals surface area contributed by atoms with E-state index in [4.69, 9.17) is 16.3 Å². The number of para-hydroxylation sites is 2. The molecule has 4 rings (SSSR count). The van der Waals surface area contributed by atoms with Crippen molar-refractivity contribution in [3.05, 3.63) is 88.4 Å². The molecule has 0 atom stereocenters. The Balaban J connectivity index is 1.32. The van der Waals surface area contributed by atoms with Gasteiger partial charge in [0.2, 0.25) is 0 Å². The van der Waals surface area contributed by atoms with Crippen molar-refractivity contribution >= 4 is 28.9 Å². The van der Waals surface area contributed by atoms with E-state index in [2.05, 4.69) is 27.2 Å². The van der Waals surface area contributed by atoms with Crippen molar-refractivity contribution in [1.82, 2.24) is 4.90 Å². The molecule has 6 heteroatoms. The number of rotatable bonds is 6. The van der Waals surface area contributed by atoms with Gasteiger partial charge in [0.25, 0.3) is 5.91 Å². The second kappa shape index (κ2) is 10.1. The Bertz CT molecular complexity index is 1080. The Morgan fingerprint density at radius 2 is 1.72 bits per heavy atom. The number of nitrogens with zero attached hydrogens (tertiary/aromatic N) is 2. The summed E-state index contributed by atoms with van der Waals surface area (Å²) < 4.78 is 5.51. The molecule has 32 heavy (non-hydrogen) atoms. The second-order valence-corrected chi connectivity index (χ2v) is 8.48.